The third-order valence-electron chi connectivity index (χ3n) is 6.43. The lowest BCUT2D eigenvalue weighted by Crippen LogP contribution is -2.56. The van der Waals surface area contributed by atoms with Gasteiger partial charge in [-0.3, -0.25) is 4.57 Å². The van der Waals surface area contributed by atoms with Gasteiger partial charge in [0, 0.05) is 16.6 Å². The average Bonchev–Trinajstić information content (AvgIpc) is 2.87. The van der Waals surface area contributed by atoms with Crippen LogP contribution in [0.1, 0.15) is 130 Å². The van der Waals surface area contributed by atoms with Gasteiger partial charge >= 0.3 is 7.60 Å². The lowest BCUT2D eigenvalue weighted by Gasteiger charge is -2.48. The first kappa shape index (κ1) is 47.1. The second kappa shape index (κ2) is 18.7. The fourth-order valence-electron chi connectivity index (χ4n) is 4.16. The number of hydrogen-bond acceptors (Lipinski definition) is 12. The van der Waals surface area contributed by atoms with Crippen molar-refractivity contribution in [2.24, 2.45) is 15.6 Å². The van der Waals surface area contributed by atoms with Crippen LogP contribution in [0.5, 0.6) is 0 Å². The predicted octanol–water partition coefficient (Wildman–Crippen LogP) is 9.19. The van der Waals surface area contributed by atoms with Crippen LogP contribution in [0.15, 0.2) is 10.2 Å². The van der Waals surface area contributed by atoms with E-state index in [-0.39, 0.29) is 24.3 Å². The largest absolute Gasteiger partial charge is 0.350 e. The van der Waals surface area contributed by atoms with Gasteiger partial charge in [0.05, 0.1) is 25.4 Å². The third-order valence-corrected chi connectivity index (χ3v) is 9.26. The Labute approximate surface area is 274 Å². The molecule has 0 aromatic heterocycles. The Morgan fingerprint density at radius 2 is 1.20 bits per heavy atom. The van der Waals surface area contributed by atoms with Crippen LogP contribution in [0.25, 0.3) is 0 Å². The molecule has 1 aliphatic rings. The van der Waals surface area contributed by atoms with Crippen LogP contribution in [-0.4, -0.2) is 73.1 Å². The summed E-state index contributed by atoms with van der Waals surface area (Å²) >= 11 is 3.83. The molecule has 11 nitrogen and oxygen atoms in total. The zero-order valence-electron chi connectivity index (χ0n) is 30.5. The summed E-state index contributed by atoms with van der Waals surface area (Å²) in [7, 11) is -3.43. The third kappa shape index (κ3) is 16.8. The van der Waals surface area contributed by atoms with Crippen molar-refractivity contribution < 1.29 is 24.0 Å². The van der Waals surface area contributed by atoms with Crippen LogP contribution >= 0.6 is 19.8 Å². The van der Waals surface area contributed by atoms with Gasteiger partial charge in [-0.25, -0.2) is 0 Å². The van der Waals surface area contributed by atoms with E-state index < -0.39 is 35.4 Å². The van der Waals surface area contributed by atoms with Crippen molar-refractivity contribution in [3.63, 3.8) is 0 Å². The Morgan fingerprint density at radius 3 is 1.41 bits per heavy atom. The van der Waals surface area contributed by atoms with Gasteiger partial charge in [-0.15, -0.1) is 0 Å². The van der Waals surface area contributed by atoms with Gasteiger partial charge in [-0.1, -0.05) is 33.0 Å². The number of azo groups is 1. The lowest BCUT2D eigenvalue weighted by molar-refractivity contribution is -0.241. The minimum absolute atomic E-state index is 0.0399. The fraction of sp³-hybridized carbons (Fsp3) is 0.903. The van der Waals surface area contributed by atoms with Crippen molar-refractivity contribution >= 4 is 25.7 Å². The van der Waals surface area contributed by atoms with Crippen LogP contribution < -0.4 is 0 Å². The summed E-state index contributed by atoms with van der Waals surface area (Å²) in [6.07, 6.45) is 3.40. The van der Waals surface area contributed by atoms with Crippen molar-refractivity contribution in [3.8, 4) is 12.1 Å². The normalized spacial score (nSPS) is 17.9. The zero-order chi connectivity index (χ0) is 36.0. The highest BCUT2D eigenvalue weighted by Gasteiger charge is 2.50. The maximum absolute atomic E-state index is 13.0. The van der Waals surface area contributed by atoms with E-state index in [1.807, 2.05) is 53.7 Å². The van der Waals surface area contributed by atoms with E-state index in [2.05, 4.69) is 56.0 Å². The highest BCUT2D eigenvalue weighted by Crippen LogP contribution is 2.60. The van der Waals surface area contributed by atoms with E-state index in [0.29, 0.717) is 0 Å². The molecule has 1 unspecified atom stereocenters. The molecule has 0 amide bonds. The summed E-state index contributed by atoms with van der Waals surface area (Å²) in [5.41, 5.74) is -2.77. The van der Waals surface area contributed by atoms with Gasteiger partial charge in [0.25, 0.3) is 0 Å². The molecule has 0 radical (unpaired) electrons. The number of thiocarbonyl (C=S) groups is 1. The molecule has 0 aromatic carbocycles. The monoisotopic (exact) mass is 662 g/mol. The Balaban J connectivity index is -0.000000583. The van der Waals surface area contributed by atoms with Crippen LogP contribution in [-0.2, 0) is 13.6 Å². The predicted molar refractivity (Wildman–Crippen MR) is 182 cm³/mol. The van der Waals surface area contributed by atoms with Crippen molar-refractivity contribution in [1.82, 2.24) is 10.1 Å². The molecule has 44 heavy (non-hydrogen) atoms. The van der Waals surface area contributed by atoms with Crippen LogP contribution in [0.3, 0.4) is 0 Å². The molecule has 0 aromatic rings. The summed E-state index contributed by atoms with van der Waals surface area (Å²) in [4.78, 5) is 0. The first-order valence-corrected chi connectivity index (χ1v) is 17.2. The molecule has 1 aliphatic heterocycles. The Bertz CT molecular complexity index is 953. The fourth-order valence-corrected chi connectivity index (χ4v) is 6.80. The van der Waals surface area contributed by atoms with Crippen molar-refractivity contribution in [2.45, 2.75) is 164 Å². The first-order valence-electron chi connectivity index (χ1n) is 15.0. The molecule has 0 bridgehead atoms. The highest BCUT2D eigenvalue weighted by atomic mass is 32.1. The van der Waals surface area contributed by atoms with Gasteiger partial charge < -0.3 is 19.5 Å². The second-order valence-electron chi connectivity index (χ2n) is 15.0. The molecule has 0 saturated carbocycles. The van der Waals surface area contributed by atoms with E-state index in [4.69, 9.17) is 19.6 Å². The maximum Gasteiger partial charge on any atom is 0.350 e. The quantitative estimate of drug-likeness (QED) is 0.111. The molecule has 0 aliphatic carbocycles. The molecule has 1 fully saturated rings. The molecule has 1 rings (SSSR count). The van der Waals surface area contributed by atoms with E-state index in [1.54, 1.807) is 41.5 Å². The van der Waals surface area contributed by atoms with Crippen molar-refractivity contribution in [3.05, 3.63) is 0 Å². The van der Waals surface area contributed by atoms with E-state index in [9.17, 15) is 15.0 Å². The molecule has 1 heterocycles. The minimum Gasteiger partial charge on any atom is -0.313 e. The van der Waals surface area contributed by atoms with Gasteiger partial charge in [-0.2, -0.15) is 30.9 Å². The maximum atomic E-state index is 13.0. The van der Waals surface area contributed by atoms with Crippen molar-refractivity contribution in [2.75, 3.05) is 13.2 Å². The average molecular weight is 663 g/mol. The minimum atomic E-state index is -3.43. The lowest BCUT2D eigenvalue weighted by atomic mass is 9.82. The van der Waals surface area contributed by atoms with Crippen LogP contribution in [0.2, 0.25) is 0 Å². The van der Waals surface area contributed by atoms with Gasteiger partial charge in [0.15, 0.2) is 11.1 Å². The summed E-state index contributed by atoms with van der Waals surface area (Å²) in [6.45, 7) is 30.3. The first-order chi connectivity index (χ1) is 19.6. The Kier molecular flexibility index (Phi) is 20.0. The van der Waals surface area contributed by atoms with Crippen LogP contribution in [0, 0.1) is 28.1 Å². The van der Waals surface area contributed by atoms with E-state index >= 15 is 0 Å². The van der Waals surface area contributed by atoms with E-state index in [0.717, 1.165) is 17.9 Å². The molecule has 2 N–H and O–H groups in total. The summed E-state index contributed by atoms with van der Waals surface area (Å²) < 4.78 is 23.8. The number of hydrogen-bond donors (Lipinski definition) is 2. The molecule has 13 heteroatoms. The molecular weight excluding hydrogens is 599 g/mol. The summed E-state index contributed by atoms with van der Waals surface area (Å²) in [5, 5.41) is 47.6. The Hall–Kier alpha value is -1.34. The number of rotatable bonds is 8. The molecular formula is C31H63N6O5PS. The van der Waals surface area contributed by atoms with Crippen molar-refractivity contribution in [1.29, 1.82) is 10.5 Å². The summed E-state index contributed by atoms with van der Waals surface area (Å²) in [5.74, 6) is 2.11. The SMILES string of the molecule is C=S.CC(C)(C#N)N=NC(C)(C)C#N.CC1(C)CCCC(C)(C)N1O.CCOP(=O)(OCC)C(N(O)C(C)(C)C)C(C)(C)C. The standard InChI is InChI=1S/C13H30NO4P.C9H19NO.C8H12N4.CH2S/c1-9-17-19(16,18-10-2)11(12(3,4)5)14(15)13(6,7)8;1-8(2)6-5-7-9(3,4)10(8)11;1-7(2,5-9)11-12-8(3,4)6-10;1-2/h11,15H,9-10H2,1-8H3;11H,5-7H2,1-4H3;1-4H3;1H2. The molecule has 258 valence electrons. The van der Waals surface area contributed by atoms with E-state index in [1.165, 1.54) is 11.5 Å². The van der Waals surface area contributed by atoms with Gasteiger partial charge in [0.2, 0.25) is 0 Å². The molecule has 0 spiro atoms. The zero-order valence-corrected chi connectivity index (χ0v) is 32.2. The molecule has 1 atom stereocenters. The highest BCUT2D eigenvalue weighted by molar-refractivity contribution is 7.77. The second-order valence-corrected chi connectivity index (χ2v) is 17.0. The number of hydroxylamine groups is 4. The van der Waals surface area contributed by atoms with Gasteiger partial charge in [-0.05, 0) is 121 Å². The topological polar surface area (TPSA) is 155 Å². The Morgan fingerprint density at radius 1 is 0.886 bits per heavy atom. The molecule has 1 saturated heterocycles. The van der Waals surface area contributed by atoms with Gasteiger partial charge in [0.1, 0.15) is 5.78 Å². The summed E-state index contributed by atoms with van der Waals surface area (Å²) in [6, 6.07) is 3.94. The smallest absolute Gasteiger partial charge is 0.313 e. The number of nitrogens with zero attached hydrogens (tertiary/aromatic N) is 6. The number of piperidine rings is 1. The van der Waals surface area contributed by atoms with Crippen LogP contribution in [0.4, 0.5) is 0 Å². The number of nitriles is 2.